The predicted molar refractivity (Wildman–Crippen MR) is 125 cm³/mol. The van der Waals surface area contributed by atoms with Crippen LogP contribution in [-0.4, -0.2) is 69.1 Å². The van der Waals surface area contributed by atoms with Crippen LogP contribution in [0.2, 0.25) is 0 Å². The van der Waals surface area contributed by atoms with Gasteiger partial charge < -0.3 is 30.3 Å². The number of carbonyl (C=O) groups is 1. The molecule has 0 heterocycles. The molecule has 7 heteroatoms. The van der Waals surface area contributed by atoms with Crippen LogP contribution in [0.5, 0.6) is 0 Å². The maximum absolute atomic E-state index is 11.6. The average Bonchev–Trinajstić information content (AvgIpc) is 3.09. The van der Waals surface area contributed by atoms with Crippen LogP contribution < -0.4 is 0 Å². The maximum Gasteiger partial charge on any atom is 0.305 e. The van der Waals surface area contributed by atoms with Crippen molar-refractivity contribution < 1.29 is 35.1 Å². The normalized spacial score (nSPS) is 24.8. The number of rotatable bonds is 15. The second kappa shape index (κ2) is 15.2. The highest BCUT2D eigenvalue weighted by molar-refractivity contribution is 5.69. The minimum Gasteiger partial charge on any atom is -0.463 e. The average molecular weight is 465 g/mol. The number of benzene rings is 1. The van der Waals surface area contributed by atoms with Crippen molar-refractivity contribution in [2.75, 3.05) is 13.2 Å². The molecule has 0 aliphatic heterocycles. The maximum atomic E-state index is 11.6. The highest BCUT2D eigenvalue weighted by Gasteiger charge is 2.40. The quantitative estimate of drug-likeness (QED) is 0.153. The van der Waals surface area contributed by atoms with E-state index in [9.17, 15) is 20.1 Å². The molecule has 186 valence electrons. The zero-order valence-corrected chi connectivity index (χ0v) is 19.3. The van der Waals surface area contributed by atoms with E-state index in [-0.39, 0.29) is 24.9 Å². The molecule has 0 bridgehead atoms. The zero-order valence-electron chi connectivity index (χ0n) is 19.3. The Bertz CT molecular complexity index is 693. The van der Waals surface area contributed by atoms with Crippen LogP contribution in [0.3, 0.4) is 0 Å². The molecule has 1 aromatic carbocycles. The molecule has 1 saturated carbocycles. The van der Waals surface area contributed by atoms with Crippen LogP contribution in [0.15, 0.2) is 42.5 Å². The van der Waals surface area contributed by atoms with E-state index in [1.165, 1.54) is 5.56 Å². The second-order valence-electron chi connectivity index (χ2n) is 9.07. The fourth-order valence-corrected chi connectivity index (χ4v) is 4.46. The minimum atomic E-state index is -1.04. The molecule has 0 radical (unpaired) electrons. The van der Waals surface area contributed by atoms with Crippen molar-refractivity contribution >= 4 is 5.97 Å². The minimum absolute atomic E-state index is 0.0380. The first-order valence-corrected chi connectivity index (χ1v) is 12.1. The summed E-state index contributed by atoms with van der Waals surface area (Å²) in [6, 6.07) is 10.1. The molecule has 1 unspecified atom stereocenters. The summed E-state index contributed by atoms with van der Waals surface area (Å²) in [7, 11) is 0. The van der Waals surface area contributed by atoms with Crippen LogP contribution in [0.1, 0.15) is 56.9 Å². The largest absolute Gasteiger partial charge is 0.463 e. The molecule has 1 aliphatic carbocycles. The number of esters is 1. The standard InChI is InChI=1S/C26H40O7/c27-17-21(29)18-33-26(32)11-7-2-1-6-10-22-23(25(31)16-24(22)30)15-14-20(28)13-12-19-8-4-3-5-9-19/h1,3-6,8-9,20-25,27-31H,2,7,10-18H2/b6-1-/t20-,21?,22+,23+,24-,25+/m0/s1. The van der Waals surface area contributed by atoms with Gasteiger partial charge in [-0.05, 0) is 68.8 Å². The molecule has 1 aliphatic rings. The Balaban J connectivity index is 1.67. The van der Waals surface area contributed by atoms with E-state index >= 15 is 0 Å². The number of carbonyl (C=O) groups excluding carboxylic acids is 1. The summed E-state index contributed by atoms with van der Waals surface area (Å²) in [4.78, 5) is 11.6. The molecule has 0 spiro atoms. The first-order chi connectivity index (χ1) is 15.9. The van der Waals surface area contributed by atoms with Crippen LogP contribution in [0.25, 0.3) is 0 Å². The van der Waals surface area contributed by atoms with E-state index in [2.05, 4.69) is 12.1 Å². The number of unbranched alkanes of at least 4 members (excludes halogenated alkanes) is 1. The van der Waals surface area contributed by atoms with Gasteiger partial charge in [-0.1, -0.05) is 42.5 Å². The van der Waals surface area contributed by atoms with Crippen molar-refractivity contribution in [1.29, 1.82) is 0 Å². The third kappa shape index (κ3) is 10.4. The summed E-state index contributed by atoms with van der Waals surface area (Å²) in [5.41, 5.74) is 1.20. The third-order valence-electron chi connectivity index (χ3n) is 6.44. The van der Waals surface area contributed by atoms with Gasteiger partial charge in [0.15, 0.2) is 0 Å². The molecule has 1 aromatic rings. The van der Waals surface area contributed by atoms with Gasteiger partial charge in [-0.2, -0.15) is 0 Å². The van der Waals surface area contributed by atoms with Gasteiger partial charge in [0.2, 0.25) is 0 Å². The van der Waals surface area contributed by atoms with Gasteiger partial charge in [-0.25, -0.2) is 0 Å². The fourth-order valence-electron chi connectivity index (χ4n) is 4.46. The highest BCUT2D eigenvalue weighted by Crippen LogP contribution is 2.38. The van der Waals surface area contributed by atoms with Crippen LogP contribution >= 0.6 is 0 Å². The van der Waals surface area contributed by atoms with Gasteiger partial charge in [-0.3, -0.25) is 4.79 Å². The summed E-state index contributed by atoms with van der Waals surface area (Å²) in [6.07, 6.45) is 6.72. The lowest BCUT2D eigenvalue weighted by atomic mass is 9.85. The first kappa shape index (κ1) is 27.5. The molecule has 0 amide bonds. The van der Waals surface area contributed by atoms with Gasteiger partial charge in [0.05, 0.1) is 24.9 Å². The van der Waals surface area contributed by atoms with Gasteiger partial charge in [-0.15, -0.1) is 0 Å². The summed E-state index contributed by atoms with van der Waals surface area (Å²) in [5, 5.41) is 49.0. The monoisotopic (exact) mass is 464 g/mol. The summed E-state index contributed by atoms with van der Waals surface area (Å²) < 4.78 is 4.86. The predicted octanol–water partition coefficient (Wildman–Crippen LogP) is 2.13. The first-order valence-electron chi connectivity index (χ1n) is 12.1. The summed E-state index contributed by atoms with van der Waals surface area (Å²) in [5.74, 6) is -0.484. The molecule has 0 saturated heterocycles. The number of aryl methyl sites for hydroxylation is 1. The van der Waals surface area contributed by atoms with E-state index in [1.54, 1.807) is 0 Å². The lowest BCUT2D eigenvalue weighted by molar-refractivity contribution is -0.147. The van der Waals surface area contributed by atoms with Crippen LogP contribution in [-0.2, 0) is 16.0 Å². The Morgan fingerprint density at radius 1 is 1.03 bits per heavy atom. The molecule has 33 heavy (non-hydrogen) atoms. The Hall–Kier alpha value is -1.77. The number of aliphatic hydroxyl groups is 5. The summed E-state index contributed by atoms with van der Waals surface area (Å²) in [6.45, 7) is -0.638. The van der Waals surface area contributed by atoms with E-state index in [4.69, 9.17) is 14.9 Å². The van der Waals surface area contributed by atoms with Gasteiger partial charge >= 0.3 is 5.97 Å². The molecule has 5 N–H and O–H groups in total. The van der Waals surface area contributed by atoms with Crippen molar-refractivity contribution in [1.82, 2.24) is 0 Å². The topological polar surface area (TPSA) is 127 Å². The molecular formula is C26H40O7. The zero-order chi connectivity index (χ0) is 24.1. The smallest absolute Gasteiger partial charge is 0.305 e. The van der Waals surface area contributed by atoms with Crippen molar-refractivity contribution in [3.8, 4) is 0 Å². The number of hydrogen-bond donors (Lipinski definition) is 5. The lowest BCUT2D eigenvalue weighted by Crippen LogP contribution is -2.23. The van der Waals surface area contributed by atoms with Crippen LogP contribution in [0.4, 0.5) is 0 Å². The van der Waals surface area contributed by atoms with Crippen molar-refractivity contribution in [2.24, 2.45) is 11.8 Å². The van der Waals surface area contributed by atoms with E-state index < -0.39 is 37.0 Å². The van der Waals surface area contributed by atoms with Crippen molar-refractivity contribution in [2.45, 2.75) is 82.2 Å². The molecule has 7 nitrogen and oxygen atoms in total. The van der Waals surface area contributed by atoms with Gasteiger partial charge in [0.1, 0.15) is 12.7 Å². The Kier molecular flexibility index (Phi) is 12.6. The highest BCUT2D eigenvalue weighted by atomic mass is 16.5. The van der Waals surface area contributed by atoms with E-state index in [0.717, 1.165) is 6.42 Å². The van der Waals surface area contributed by atoms with Crippen molar-refractivity contribution in [3.63, 3.8) is 0 Å². The van der Waals surface area contributed by atoms with E-state index in [0.29, 0.717) is 44.9 Å². The Morgan fingerprint density at radius 3 is 2.48 bits per heavy atom. The summed E-state index contributed by atoms with van der Waals surface area (Å²) >= 11 is 0. The third-order valence-corrected chi connectivity index (χ3v) is 6.44. The number of hydrogen-bond acceptors (Lipinski definition) is 7. The molecule has 6 atom stereocenters. The number of aliphatic hydroxyl groups excluding tert-OH is 5. The van der Waals surface area contributed by atoms with E-state index in [1.807, 2.05) is 30.4 Å². The molecule has 1 fully saturated rings. The number of allylic oxidation sites excluding steroid dienone is 2. The number of ether oxygens (including phenoxy) is 1. The fraction of sp³-hybridized carbons (Fsp3) is 0.654. The Labute approximate surface area is 196 Å². The van der Waals surface area contributed by atoms with Gasteiger partial charge in [0.25, 0.3) is 0 Å². The molecular weight excluding hydrogens is 424 g/mol. The van der Waals surface area contributed by atoms with Crippen molar-refractivity contribution in [3.05, 3.63) is 48.0 Å². The molecule has 2 rings (SSSR count). The molecule has 0 aromatic heterocycles. The van der Waals surface area contributed by atoms with Gasteiger partial charge in [0, 0.05) is 6.42 Å². The second-order valence-corrected chi connectivity index (χ2v) is 9.07. The van der Waals surface area contributed by atoms with Crippen LogP contribution in [0, 0.1) is 11.8 Å². The lowest BCUT2D eigenvalue weighted by Gasteiger charge is -2.23. The Morgan fingerprint density at radius 2 is 1.76 bits per heavy atom. The SMILES string of the molecule is O=C(CCC/C=C\C[C@@H]1[C@@H](CC[C@@H](O)CCc2ccccc2)[C@H](O)C[C@@H]1O)OCC(O)CO.